The Morgan fingerprint density at radius 1 is 1.21 bits per heavy atom. The molecule has 0 saturated heterocycles. The summed E-state index contributed by atoms with van der Waals surface area (Å²) in [5.41, 5.74) is 2.15. The number of ketones is 1. The number of nitrogens with zero attached hydrogens (tertiary/aromatic N) is 2. The van der Waals surface area contributed by atoms with Crippen molar-refractivity contribution in [3.63, 3.8) is 0 Å². The zero-order valence-corrected chi connectivity index (χ0v) is 11.5. The minimum Gasteiger partial charge on any atom is -0.298 e. The van der Waals surface area contributed by atoms with Crippen molar-refractivity contribution < 1.29 is 9.59 Å². The third kappa shape index (κ3) is 1.86. The second-order valence-corrected chi connectivity index (χ2v) is 5.77. The van der Waals surface area contributed by atoms with Gasteiger partial charge < -0.3 is 0 Å². The maximum atomic E-state index is 12.0. The summed E-state index contributed by atoms with van der Waals surface area (Å²) in [7, 11) is 0. The van der Waals surface area contributed by atoms with Gasteiger partial charge in [-0.1, -0.05) is 12.1 Å². The number of thiazole rings is 1. The molecule has 2 aromatic rings. The first-order chi connectivity index (χ1) is 9.08. The van der Waals surface area contributed by atoms with Crippen LogP contribution in [-0.2, 0) is 11.3 Å². The van der Waals surface area contributed by atoms with Gasteiger partial charge in [0, 0.05) is 4.88 Å². The number of Topliss-reactive ketones (excluding diaryl/α,β-unsaturated/α-hetero) is 1. The van der Waals surface area contributed by atoms with Crippen LogP contribution in [0.15, 0.2) is 24.3 Å². The first-order valence-electron chi connectivity index (χ1n) is 5.96. The molecule has 1 amide bonds. The van der Waals surface area contributed by atoms with E-state index in [1.165, 1.54) is 4.90 Å². The summed E-state index contributed by atoms with van der Waals surface area (Å²) in [6.07, 6.45) is 0. The Hall–Kier alpha value is -2.01. The number of anilines is 1. The number of carbonyl (C=O) groups excluding carboxylic acids is 2. The number of rotatable bonds is 2. The molecule has 1 aromatic heterocycles. The van der Waals surface area contributed by atoms with E-state index in [-0.39, 0.29) is 0 Å². The highest BCUT2D eigenvalue weighted by atomic mass is 32.1. The van der Waals surface area contributed by atoms with Crippen molar-refractivity contribution in [1.82, 2.24) is 4.98 Å². The lowest BCUT2D eigenvalue weighted by atomic mass is 10.1. The van der Waals surface area contributed by atoms with Gasteiger partial charge in [-0.05, 0) is 26.0 Å². The molecule has 2 heterocycles. The van der Waals surface area contributed by atoms with Gasteiger partial charge in [-0.2, -0.15) is 0 Å². The first kappa shape index (κ1) is 12.0. The Morgan fingerprint density at radius 2 is 1.95 bits per heavy atom. The molecule has 3 rings (SSSR count). The Labute approximate surface area is 114 Å². The summed E-state index contributed by atoms with van der Waals surface area (Å²) in [5, 5.41) is 0.854. The lowest BCUT2D eigenvalue weighted by Crippen LogP contribution is -2.29. The average Bonchev–Trinajstić information content (AvgIpc) is 2.84. The number of hydrogen-bond acceptors (Lipinski definition) is 4. The Balaban J connectivity index is 1.97. The molecule has 0 radical (unpaired) electrons. The number of aromatic nitrogens is 1. The van der Waals surface area contributed by atoms with Gasteiger partial charge >= 0.3 is 0 Å². The molecule has 1 aromatic carbocycles. The number of hydrogen-bond donors (Lipinski definition) is 0. The number of para-hydroxylation sites is 1. The lowest BCUT2D eigenvalue weighted by Gasteiger charge is -2.14. The third-order valence-electron chi connectivity index (χ3n) is 3.25. The van der Waals surface area contributed by atoms with Gasteiger partial charge in [-0.25, -0.2) is 4.98 Å². The highest BCUT2D eigenvalue weighted by Crippen LogP contribution is 2.30. The molecule has 4 nitrogen and oxygen atoms in total. The molecule has 0 atom stereocenters. The van der Waals surface area contributed by atoms with Crippen LogP contribution in [0.25, 0.3) is 0 Å². The van der Waals surface area contributed by atoms with Gasteiger partial charge in [0.25, 0.3) is 11.7 Å². The predicted molar refractivity (Wildman–Crippen MR) is 73.6 cm³/mol. The summed E-state index contributed by atoms with van der Waals surface area (Å²) in [6, 6.07) is 7.08. The van der Waals surface area contributed by atoms with E-state index in [1.807, 2.05) is 19.9 Å². The number of benzene rings is 1. The SMILES string of the molecule is Cc1nc(CN2C(=O)C(=O)c3ccccc32)sc1C. The normalized spacial score (nSPS) is 14.1. The Morgan fingerprint density at radius 3 is 2.63 bits per heavy atom. The maximum absolute atomic E-state index is 12.0. The molecule has 1 aliphatic heterocycles. The summed E-state index contributed by atoms with van der Waals surface area (Å²) in [4.78, 5) is 30.9. The molecule has 0 saturated carbocycles. The second-order valence-electron chi connectivity index (χ2n) is 4.49. The van der Waals surface area contributed by atoms with E-state index in [4.69, 9.17) is 0 Å². The van der Waals surface area contributed by atoms with Crippen LogP contribution < -0.4 is 4.90 Å². The minimum absolute atomic E-state index is 0.362. The van der Waals surface area contributed by atoms with E-state index < -0.39 is 11.7 Å². The van der Waals surface area contributed by atoms with Gasteiger partial charge in [0.1, 0.15) is 5.01 Å². The summed E-state index contributed by atoms with van der Waals surface area (Å²) < 4.78 is 0. The number of fused-ring (bicyclic) bond motifs is 1. The molecule has 96 valence electrons. The molecule has 0 spiro atoms. The molecule has 19 heavy (non-hydrogen) atoms. The topological polar surface area (TPSA) is 50.3 Å². The van der Waals surface area contributed by atoms with Crippen LogP contribution in [-0.4, -0.2) is 16.7 Å². The molecule has 0 fully saturated rings. The van der Waals surface area contributed by atoms with E-state index in [1.54, 1.807) is 29.5 Å². The standard InChI is InChI=1S/C14H12N2O2S/c1-8-9(2)19-12(15-8)7-16-11-6-4-3-5-10(11)13(17)14(16)18/h3-6H,7H2,1-2H3. The molecule has 0 aliphatic carbocycles. The summed E-state index contributed by atoms with van der Waals surface area (Å²) >= 11 is 1.56. The highest BCUT2D eigenvalue weighted by Gasteiger charge is 2.35. The van der Waals surface area contributed by atoms with E-state index in [0.29, 0.717) is 17.8 Å². The monoisotopic (exact) mass is 272 g/mol. The quantitative estimate of drug-likeness (QED) is 0.789. The highest BCUT2D eigenvalue weighted by molar-refractivity contribution is 7.11. The van der Waals surface area contributed by atoms with Gasteiger partial charge in [-0.15, -0.1) is 11.3 Å². The van der Waals surface area contributed by atoms with Crippen molar-refractivity contribution >= 4 is 28.7 Å². The van der Waals surface area contributed by atoms with Crippen molar-refractivity contribution in [3.8, 4) is 0 Å². The molecule has 5 heteroatoms. The second kappa shape index (κ2) is 4.28. The van der Waals surface area contributed by atoms with Gasteiger partial charge in [0.15, 0.2) is 0 Å². The number of aryl methyl sites for hydroxylation is 2. The van der Waals surface area contributed by atoms with E-state index >= 15 is 0 Å². The van der Waals surface area contributed by atoms with Crippen molar-refractivity contribution in [2.24, 2.45) is 0 Å². The largest absolute Gasteiger partial charge is 0.299 e. The minimum atomic E-state index is -0.466. The fourth-order valence-corrected chi connectivity index (χ4v) is 3.07. The fourth-order valence-electron chi connectivity index (χ4n) is 2.15. The van der Waals surface area contributed by atoms with Crippen molar-refractivity contribution in [2.75, 3.05) is 4.90 Å². The van der Waals surface area contributed by atoms with Crippen LogP contribution >= 0.6 is 11.3 Å². The zero-order valence-electron chi connectivity index (χ0n) is 10.6. The van der Waals surface area contributed by atoms with Crippen molar-refractivity contribution in [1.29, 1.82) is 0 Å². The van der Waals surface area contributed by atoms with E-state index in [0.717, 1.165) is 15.6 Å². The summed E-state index contributed by atoms with van der Waals surface area (Å²) in [5.74, 6) is -0.896. The first-order valence-corrected chi connectivity index (χ1v) is 6.77. The van der Waals surface area contributed by atoms with Crippen LogP contribution in [0.5, 0.6) is 0 Å². The molecular formula is C14H12N2O2S. The predicted octanol–water partition coefficient (Wildman–Crippen LogP) is 2.49. The molecule has 1 aliphatic rings. The van der Waals surface area contributed by atoms with Crippen molar-refractivity contribution in [3.05, 3.63) is 45.4 Å². The number of amides is 1. The zero-order chi connectivity index (χ0) is 13.6. The molecule has 0 unspecified atom stereocenters. The molecular weight excluding hydrogens is 260 g/mol. The van der Waals surface area contributed by atoms with Gasteiger partial charge in [0.05, 0.1) is 23.5 Å². The van der Waals surface area contributed by atoms with Crippen LogP contribution in [0.2, 0.25) is 0 Å². The van der Waals surface area contributed by atoms with Crippen LogP contribution in [0.1, 0.15) is 25.9 Å². The fraction of sp³-hybridized carbons (Fsp3) is 0.214. The van der Waals surface area contributed by atoms with E-state index in [2.05, 4.69) is 4.98 Å². The smallest absolute Gasteiger partial charge is 0.298 e. The van der Waals surface area contributed by atoms with E-state index in [9.17, 15) is 9.59 Å². The van der Waals surface area contributed by atoms with Gasteiger partial charge in [0.2, 0.25) is 0 Å². The molecule has 0 bridgehead atoms. The lowest BCUT2D eigenvalue weighted by molar-refractivity contribution is -0.114. The molecule has 0 N–H and O–H groups in total. The van der Waals surface area contributed by atoms with Crippen LogP contribution in [0.4, 0.5) is 5.69 Å². The third-order valence-corrected chi connectivity index (χ3v) is 4.30. The summed E-state index contributed by atoms with van der Waals surface area (Å²) in [6.45, 7) is 4.31. The Bertz CT molecular complexity index is 671. The van der Waals surface area contributed by atoms with Crippen LogP contribution in [0, 0.1) is 13.8 Å². The average molecular weight is 272 g/mol. The van der Waals surface area contributed by atoms with Gasteiger partial charge in [-0.3, -0.25) is 14.5 Å². The maximum Gasteiger partial charge on any atom is 0.299 e. The Kier molecular flexibility index (Phi) is 2.71. The number of carbonyl (C=O) groups is 2. The van der Waals surface area contributed by atoms with Crippen LogP contribution in [0.3, 0.4) is 0 Å². The van der Waals surface area contributed by atoms with Crippen molar-refractivity contribution in [2.45, 2.75) is 20.4 Å².